The maximum Gasteiger partial charge on any atom is 0.247 e. The van der Waals surface area contributed by atoms with Gasteiger partial charge in [0.25, 0.3) is 0 Å². The number of halogens is 1. The number of likely N-dealkylation sites (tertiary alicyclic amines) is 1. The van der Waals surface area contributed by atoms with Gasteiger partial charge in [0.05, 0.1) is 12.1 Å². The van der Waals surface area contributed by atoms with Gasteiger partial charge in [0.15, 0.2) is 0 Å². The van der Waals surface area contributed by atoms with Crippen LogP contribution in [0.4, 0.5) is 15.8 Å². The van der Waals surface area contributed by atoms with Crippen molar-refractivity contribution in [2.24, 2.45) is 0 Å². The van der Waals surface area contributed by atoms with Gasteiger partial charge in [-0.25, -0.2) is 4.39 Å². The van der Waals surface area contributed by atoms with Crippen molar-refractivity contribution in [2.45, 2.75) is 32.2 Å². The number of benzene rings is 1. The Morgan fingerprint density at radius 2 is 2.07 bits per heavy atom. The van der Waals surface area contributed by atoms with Crippen molar-refractivity contribution in [1.29, 1.82) is 0 Å². The molecule has 0 saturated carbocycles. The lowest BCUT2D eigenvalue weighted by molar-refractivity contribution is -0.136. The molecule has 8 heteroatoms. The number of rotatable bonds is 5. The Morgan fingerprint density at radius 1 is 1.26 bits per heavy atom. The molecule has 3 rings (SSSR count). The van der Waals surface area contributed by atoms with Crippen LogP contribution in [0.1, 0.15) is 24.6 Å². The van der Waals surface area contributed by atoms with Crippen LogP contribution in [0, 0.1) is 5.82 Å². The third kappa shape index (κ3) is 4.71. The Morgan fingerprint density at radius 3 is 2.78 bits per heavy atom. The SMILES string of the molecule is CC(=O)Nc1cc(NC(=O)C2CCCN2C(=O)Cc2cccs2)ccc1F. The summed E-state index contributed by atoms with van der Waals surface area (Å²) >= 11 is 1.51. The maximum absolute atomic E-state index is 13.7. The van der Waals surface area contributed by atoms with Crippen LogP contribution in [0.2, 0.25) is 0 Å². The van der Waals surface area contributed by atoms with E-state index >= 15 is 0 Å². The molecule has 1 aliphatic rings. The molecule has 27 heavy (non-hydrogen) atoms. The van der Waals surface area contributed by atoms with Crippen LogP contribution in [-0.4, -0.2) is 35.2 Å². The first-order valence-corrected chi connectivity index (χ1v) is 9.52. The molecule has 2 N–H and O–H groups in total. The first kappa shape index (κ1) is 19.0. The quantitative estimate of drug-likeness (QED) is 0.825. The molecule has 0 aliphatic carbocycles. The summed E-state index contributed by atoms with van der Waals surface area (Å²) in [7, 11) is 0. The Labute approximate surface area is 160 Å². The monoisotopic (exact) mass is 389 g/mol. The van der Waals surface area contributed by atoms with E-state index in [1.807, 2.05) is 17.5 Å². The summed E-state index contributed by atoms with van der Waals surface area (Å²) in [6.07, 6.45) is 1.63. The average Bonchev–Trinajstić information content (AvgIpc) is 3.28. The Hall–Kier alpha value is -2.74. The molecule has 1 unspecified atom stereocenters. The van der Waals surface area contributed by atoms with Crippen LogP contribution >= 0.6 is 11.3 Å². The van der Waals surface area contributed by atoms with E-state index in [0.717, 1.165) is 11.3 Å². The molecule has 1 aromatic heterocycles. The molecule has 2 heterocycles. The summed E-state index contributed by atoms with van der Waals surface area (Å²) in [4.78, 5) is 38.9. The Kier molecular flexibility index (Phi) is 5.85. The third-order valence-corrected chi connectivity index (χ3v) is 5.20. The predicted octanol–water partition coefficient (Wildman–Crippen LogP) is 3.02. The third-order valence-electron chi connectivity index (χ3n) is 4.33. The van der Waals surface area contributed by atoms with Crippen LogP contribution in [0.25, 0.3) is 0 Å². The predicted molar refractivity (Wildman–Crippen MR) is 102 cm³/mol. The number of amides is 3. The summed E-state index contributed by atoms with van der Waals surface area (Å²) in [6.45, 7) is 1.82. The van der Waals surface area contributed by atoms with E-state index in [9.17, 15) is 18.8 Å². The molecule has 0 radical (unpaired) electrons. The van der Waals surface area contributed by atoms with E-state index in [1.54, 1.807) is 4.90 Å². The average molecular weight is 389 g/mol. The van der Waals surface area contributed by atoms with Crippen molar-refractivity contribution < 1.29 is 18.8 Å². The molecule has 1 saturated heterocycles. The fourth-order valence-electron chi connectivity index (χ4n) is 3.12. The molecule has 6 nitrogen and oxygen atoms in total. The van der Waals surface area contributed by atoms with Gasteiger partial charge in [0.2, 0.25) is 17.7 Å². The summed E-state index contributed by atoms with van der Waals surface area (Å²) in [5.41, 5.74) is 0.361. The second kappa shape index (κ2) is 8.30. The van der Waals surface area contributed by atoms with Gasteiger partial charge in [-0.1, -0.05) is 6.07 Å². The first-order valence-electron chi connectivity index (χ1n) is 8.64. The number of thiophene rings is 1. The van der Waals surface area contributed by atoms with Crippen molar-refractivity contribution in [3.05, 3.63) is 46.4 Å². The summed E-state index contributed by atoms with van der Waals surface area (Å²) in [5, 5.41) is 7.01. The second-order valence-electron chi connectivity index (χ2n) is 6.37. The Bertz CT molecular complexity index is 854. The molecule has 0 spiro atoms. The molecule has 142 valence electrons. The first-order chi connectivity index (χ1) is 12.9. The number of carbonyl (C=O) groups is 3. The van der Waals surface area contributed by atoms with Crippen LogP contribution < -0.4 is 10.6 Å². The minimum Gasteiger partial charge on any atom is -0.330 e. The van der Waals surface area contributed by atoms with Gasteiger partial charge in [-0.2, -0.15) is 0 Å². The number of nitrogens with one attached hydrogen (secondary N) is 2. The lowest BCUT2D eigenvalue weighted by Gasteiger charge is -2.24. The number of hydrogen-bond donors (Lipinski definition) is 2. The van der Waals surface area contributed by atoms with E-state index in [-0.39, 0.29) is 23.9 Å². The van der Waals surface area contributed by atoms with E-state index in [2.05, 4.69) is 10.6 Å². The van der Waals surface area contributed by atoms with Crippen LogP contribution in [0.5, 0.6) is 0 Å². The highest BCUT2D eigenvalue weighted by molar-refractivity contribution is 7.10. The molecule has 1 aliphatic heterocycles. The van der Waals surface area contributed by atoms with E-state index in [0.29, 0.717) is 18.7 Å². The van der Waals surface area contributed by atoms with Crippen molar-refractivity contribution in [2.75, 3.05) is 17.2 Å². The molecule has 1 aromatic carbocycles. The fourth-order valence-corrected chi connectivity index (χ4v) is 3.81. The zero-order valence-electron chi connectivity index (χ0n) is 14.8. The van der Waals surface area contributed by atoms with Crippen LogP contribution in [0.3, 0.4) is 0 Å². The fraction of sp³-hybridized carbons (Fsp3) is 0.316. The van der Waals surface area contributed by atoms with E-state index in [4.69, 9.17) is 0 Å². The number of nitrogens with zero attached hydrogens (tertiary/aromatic N) is 1. The van der Waals surface area contributed by atoms with E-state index in [1.165, 1.54) is 36.5 Å². The minimum absolute atomic E-state index is 0.00245. The molecule has 1 atom stereocenters. The lowest BCUT2D eigenvalue weighted by atomic mass is 10.2. The number of carbonyl (C=O) groups excluding carboxylic acids is 3. The normalized spacial score (nSPS) is 16.2. The second-order valence-corrected chi connectivity index (χ2v) is 7.40. The topological polar surface area (TPSA) is 78.5 Å². The van der Waals surface area contributed by atoms with Gasteiger partial charge in [0.1, 0.15) is 11.9 Å². The highest BCUT2D eigenvalue weighted by atomic mass is 32.1. The number of anilines is 2. The number of hydrogen-bond acceptors (Lipinski definition) is 4. The molecule has 1 fully saturated rings. The highest BCUT2D eigenvalue weighted by Gasteiger charge is 2.34. The van der Waals surface area contributed by atoms with Crippen molar-refractivity contribution in [3.8, 4) is 0 Å². The largest absolute Gasteiger partial charge is 0.330 e. The zero-order valence-corrected chi connectivity index (χ0v) is 15.6. The molecule has 0 bridgehead atoms. The summed E-state index contributed by atoms with van der Waals surface area (Å²) in [5.74, 6) is -1.38. The standard InChI is InChI=1S/C19H20FN3O3S/c1-12(24)21-16-10-13(6-7-15(16)20)22-19(26)17-5-2-8-23(17)18(25)11-14-4-3-9-27-14/h3-4,6-7,9-10,17H,2,5,8,11H2,1H3,(H,21,24)(H,22,26). The van der Waals surface area contributed by atoms with Gasteiger partial charge in [-0.3, -0.25) is 14.4 Å². The zero-order chi connectivity index (χ0) is 19.4. The van der Waals surface area contributed by atoms with Crippen LogP contribution in [-0.2, 0) is 20.8 Å². The molecule has 3 amide bonds. The van der Waals surface area contributed by atoms with Crippen molar-refractivity contribution >= 4 is 40.4 Å². The van der Waals surface area contributed by atoms with E-state index < -0.39 is 17.8 Å². The van der Waals surface area contributed by atoms with Gasteiger partial charge >= 0.3 is 0 Å². The smallest absolute Gasteiger partial charge is 0.247 e. The van der Waals surface area contributed by atoms with Crippen molar-refractivity contribution in [1.82, 2.24) is 4.90 Å². The van der Waals surface area contributed by atoms with Gasteiger partial charge in [-0.15, -0.1) is 11.3 Å². The van der Waals surface area contributed by atoms with Crippen LogP contribution in [0.15, 0.2) is 35.7 Å². The van der Waals surface area contributed by atoms with Gasteiger partial charge < -0.3 is 15.5 Å². The Balaban J connectivity index is 1.67. The lowest BCUT2D eigenvalue weighted by Crippen LogP contribution is -2.43. The highest BCUT2D eigenvalue weighted by Crippen LogP contribution is 2.24. The molecular formula is C19H20FN3O3S. The maximum atomic E-state index is 13.7. The van der Waals surface area contributed by atoms with Gasteiger partial charge in [0, 0.05) is 24.0 Å². The summed E-state index contributed by atoms with van der Waals surface area (Å²) < 4.78 is 13.7. The summed E-state index contributed by atoms with van der Waals surface area (Å²) in [6, 6.07) is 7.20. The molecular weight excluding hydrogens is 369 g/mol. The van der Waals surface area contributed by atoms with Crippen molar-refractivity contribution in [3.63, 3.8) is 0 Å². The van der Waals surface area contributed by atoms with Gasteiger partial charge in [-0.05, 0) is 42.5 Å². The molecule has 2 aromatic rings. The minimum atomic E-state index is -0.586.